The summed E-state index contributed by atoms with van der Waals surface area (Å²) in [6, 6.07) is 7.72. The molecule has 2 aromatic rings. The van der Waals surface area contributed by atoms with E-state index in [2.05, 4.69) is 23.8 Å². The molecule has 0 radical (unpaired) electrons. The zero-order valence-corrected chi connectivity index (χ0v) is 19.1. The van der Waals surface area contributed by atoms with E-state index in [1.807, 2.05) is 46.9 Å². The van der Waals surface area contributed by atoms with Crippen molar-refractivity contribution in [3.05, 3.63) is 41.7 Å². The molecule has 2 aliphatic heterocycles. The molecular weight excluding hydrogens is 390 g/mol. The Morgan fingerprint density at radius 2 is 1.68 bits per heavy atom. The second-order valence-corrected chi connectivity index (χ2v) is 8.47. The lowest BCUT2D eigenvalue weighted by molar-refractivity contribution is -0.118. The topological polar surface area (TPSA) is 52.0 Å². The number of nitrogens with zero attached hydrogens (tertiary/aromatic N) is 5. The molecule has 0 atom stereocenters. The lowest BCUT2D eigenvalue weighted by Crippen LogP contribution is -2.45. The molecule has 0 saturated carbocycles. The molecule has 1 aromatic carbocycles. The first kappa shape index (κ1) is 21.6. The molecule has 1 aromatic heterocycles. The number of likely N-dealkylation sites (N-methyl/N-ethyl adjacent to an activating group) is 1. The number of hydrogen-bond acceptors (Lipinski definition) is 4. The van der Waals surface area contributed by atoms with Gasteiger partial charge in [-0.05, 0) is 38.1 Å². The predicted octanol–water partition coefficient (Wildman–Crippen LogP) is 2.96. The van der Waals surface area contributed by atoms with Gasteiger partial charge in [-0.25, -0.2) is 0 Å². The van der Waals surface area contributed by atoms with E-state index >= 15 is 0 Å². The molecule has 7 nitrogen and oxygen atoms in total. The summed E-state index contributed by atoms with van der Waals surface area (Å²) in [5.41, 5.74) is 3.94. The molecule has 31 heavy (non-hydrogen) atoms. The number of para-hydroxylation sites is 2. The Morgan fingerprint density at radius 1 is 1.00 bits per heavy atom. The summed E-state index contributed by atoms with van der Waals surface area (Å²) in [6.45, 7) is 9.56. The fourth-order valence-corrected chi connectivity index (χ4v) is 4.61. The second-order valence-electron chi connectivity index (χ2n) is 8.47. The smallest absolute Gasteiger partial charge is 0.276 e. The third-order valence-corrected chi connectivity index (χ3v) is 6.55. The van der Waals surface area contributed by atoms with E-state index in [1.165, 1.54) is 0 Å². The van der Waals surface area contributed by atoms with Crippen molar-refractivity contribution in [3.63, 3.8) is 0 Å². The largest absolute Gasteiger partial charge is 0.342 e. The predicted molar refractivity (Wildman–Crippen MR) is 124 cm³/mol. The van der Waals surface area contributed by atoms with Crippen molar-refractivity contribution < 1.29 is 9.59 Å². The van der Waals surface area contributed by atoms with E-state index in [-0.39, 0.29) is 11.8 Å². The highest BCUT2D eigenvalue weighted by Crippen LogP contribution is 2.43. The maximum Gasteiger partial charge on any atom is 0.276 e. The maximum atomic E-state index is 13.7. The van der Waals surface area contributed by atoms with Crippen molar-refractivity contribution in [2.45, 2.75) is 33.2 Å². The summed E-state index contributed by atoms with van der Waals surface area (Å²) in [7, 11) is 3.93. The number of carbonyl (C=O) groups excluding carboxylic acids is 2. The van der Waals surface area contributed by atoms with Crippen LogP contribution in [0, 0.1) is 0 Å². The number of aryl methyl sites for hydroxylation is 2. The van der Waals surface area contributed by atoms with Gasteiger partial charge in [0.2, 0.25) is 5.91 Å². The normalized spacial score (nSPS) is 17.5. The second kappa shape index (κ2) is 8.85. The van der Waals surface area contributed by atoms with E-state index in [0.717, 1.165) is 61.8 Å². The Bertz CT molecular complexity index is 974. The van der Waals surface area contributed by atoms with Gasteiger partial charge in [0.05, 0.1) is 17.1 Å². The van der Waals surface area contributed by atoms with Crippen molar-refractivity contribution in [3.8, 4) is 0 Å². The van der Waals surface area contributed by atoms with Crippen LogP contribution in [0.2, 0.25) is 0 Å². The van der Waals surface area contributed by atoms with Gasteiger partial charge in [0.1, 0.15) is 5.69 Å². The fraction of sp³-hybridized carbons (Fsp3) is 0.500. The number of amides is 2. The molecule has 2 amide bonds. The first-order chi connectivity index (χ1) is 15.0. The van der Waals surface area contributed by atoms with Crippen LogP contribution in [-0.4, -0.2) is 73.0 Å². The molecule has 2 aliphatic rings. The molecule has 7 heteroatoms. The summed E-state index contributed by atoms with van der Waals surface area (Å²) >= 11 is 0. The van der Waals surface area contributed by atoms with Gasteiger partial charge in [0.25, 0.3) is 5.91 Å². The molecule has 1 saturated heterocycles. The molecule has 166 valence electrons. The number of aromatic nitrogens is 1. The van der Waals surface area contributed by atoms with Crippen molar-refractivity contribution in [2.75, 3.05) is 56.6 Å². The highest BCUT2D eigenvalue weighted by Gasteiger charge is 2.36. The average Bonchev–Trinajstić information content (AvgIpc) is 3.12. The lowest BCUT2D eigenvalue weighted by atomic mass is 10.1. The van der Waals surface area contributed by atoms with Gasteiger partial charge >= 0.3 is 0 Å². The van der Waals surface area contributed by atoms with Crippen LogP contribution in [0.4, 0.5) is 17.1 Å². The van der Waals surface area contributed by atoms with E-state index in [1.54, 1.807) is 11.9 Å². The highest BCUT2D eigenvalue weighted by atomic mass is 16.2. The zero-order chi connectivity index (χ0) is 22.1. The van der Waals surface area contributed by atoms with Crippen molar-refractivity contribution in [2.24, 2.45) is 0 Å². The van der Waals surface area contributed by atoms with Gasteiger partial charge in [-0.1, -0.05) is 19.1 Å². The summed E-state index contributed by atoms with van der Waals surface area (Å²) in [6.07, 6.45) is 3.22. The first-order valence-corrected chi connectivity index (χ1v) is 11.3. The van der Waals surface area contributed by atoms with Crippen LogP contribution in [0.3, 0.4) is 0 Å². The van der Waals surface area contributed by atoms with Gasteiger partial charge < -0.3 is 19.3 Å². The van der Waals surface area contributed by atoms with Crippen molar-refractivity contribution in [1.82, 2.24) is 14.4 Å². The summed E-state index contributed by atoms with van der Waals surface area (Å²) in [4.78, 5) is 35.3. The highest BCUT2D eigenvalue weighted by molar-refractivity contribution is 6.18. The molecule has 0 spiro atoms. The van der Waals surface area contributed by atoms with Gasteiger partial charge in [-0.15, -0.1) is 0 Å². The molecule has 0 bridgehead atoms. The molecular formula is C24H33N5O2. The quantitative estimate of drug-likeness (QED) is 0.742. The summed E-state index contributed by atoms with van der Waals surface area (Å²) < 4.78 is 1.99. The van der Waals surface area contributed by atoms with Crippen LogP contribution in [0.1, 0.15) is 36.3 Å². The number of carbonyl (C=O) groups is 2. The van der Waals surface area contributed by atoms with E-state index in [0.29, 0.717) is 18.7 Å². The first-order valence-electron chi connectivity index (χ1n) is 11.3. The summed E-state index contributed by atoms with van der Waals surface area (Å²) in [5.74, 6) is -0.0300. The molecule has 3 heterocycles. The summed E-state index contributed by atoms with van der Waals surface area (Å²) in [5, 5.41) is 0. The van der Waals surface area contributed by atoms with E-state index in [4.69, 9.17) is 0 Å². The Hall–Kier alpha value is -2.64. The van der Waals surface area contributed by atoms with E-state index in [9.17, 15) is 9.59 Å². The van der Waals surface area contributed by atoms with Gasteiger partial charge in [-0.2, -0.15) is 0 Å². The number of rotatable bonds is 5. The number of anilines is 3. The minimum Gasteiger partial charge on any atom is -0.342 e. The Kier molecular flexibility index (Phi) is 6.16. The van der Waals surface area contributed by atoms with Crippen LogP contribution >= 0.6 is 0 Å². The third kappa shape index (κ3) is 3.88. The van der Waals surface area contributed by atoms with Gasteiger partial charge in [0.15, 0.2) is 0 Å². The molecule has 0 unspecified atom stereocenters. The van der Waals surface area contributed by atoms with Gasteiger partial charge in [-0.3, -0.25) is 14.5 Å². The van der Waals surface area contributed by atoms with E-state index < -0.39 is 0 Å². The molecule has 0 aliphatic carbocycles. The Balaban J connectivity index is 1.74. The number of hydrogen-bond donors (Lipinski definition) is 0. The standard InChI is InChI=1S/C24H33N5O2/c1-5-18-17-28(6-2)23-22(18)29(20-10-8-7-9-19(20)26(4)24(23)31)21(30)11-12-27-15-13-25(3)14-16-27/h7-10,17H,5-6,11-16H2,1-4H3. The zero-order valence-electron chi connectivity index (χ0n) is 19.1. The molecule has 4 rings (SSSR count). The minimum atomic E-state index is -0.0710. The van der Waals surface area contributed by atoms with Crippen molar-refractivity contribution in [1.29, 1.82) is 0 Å². The van der Waals surface area contributed by atoms with Crippen LogP contribution in [0.5, 0.6) is 0 Å². The fourth-order valence-electron chi connectivity index (χ4n) is 4.61. The van der Waals surface area contributed by atoms with Crippen LogP contribution < -0.4 is 9.80 Å². The Morgan fingerprint density at radius 3 is 2.32 bits per heavy atom. The Labute approximate surface area is 184 Å². The van der Waals surface area contributed by atoms with Crippen LogP contribution in [0.15, 0.2) is 30.5 Å². The maximum absolute atomic E-state index is 13.7. The number of fused-ring (bicyclic) bond motifs is 2. The molecule has 0 N–H and O–H groups in total. The minimum absolute atomic E-state index is 0.0410. The SMILES string of the molecule is CCc1cn(CC)c2c1N(C(=O)CCN1CCN(C)CC1)c1ccccc1N(C)C2=O. The van der Waals surface area contributed by atoms with Crippen LogP contribution in [0.25, 0.3) is 0 Å². The molecule has 1 fully saturated rings. The number of benzene rings is 1. The van der Waals surface area contributed by atoms with Crippen molar-refractivity contribution >= 4 is 28.9 Å². The lowest BCUT2D eigenvalue weighted by Gasteiger charge is -2.33. The van der Waals surface area contributed by atoms with Gasteiger partial charge in [0, 0.05) is 58.9 Å². The average molecular weight is 424 g/mol. The number of piperazine rings is 1. The van der Waals surface area contributed by atoms with Crippen LogP contribution in [-0.2, 0) is 17.8 Å². The monoisotopic (exact) mass is 423 g/mol. The third-order valence-electron chi connectivity index (χ3n) is 6.55.